The zero-order chi connectivity index (χ0) is 15.6. The van der Waals surface area contributed by atoms with Crippen molar-refractivity contribution in [1.29, 1.82) is 0 Å². The van der Waals surface area contributed by atoms with Crippen LogP contribution in [0.3, 0.4) is 0 Å². The average Bonchev–Trinajstić information content (AvgIpc) is 2.46. The standard InChI is InChI=1S/C16H14F3NO/c1-10(20)11-4-2-5-12(8-11)15(21)13-6-3-7-14(9-13)16(17,18)19/h2-10H,20H2,1H3/t10-/m1/s1. The zero-order valence-electron chi connectivity index (χ0n) is 11.3. The third-order valence-corrected chi connectivity index (χ3v) is 3.13. The van der Waals surface area contributed by atoms with Crippen LogP contribution in [0.1, 0.15) is 40.0 Å². The van der Waals surface area contributed by atoms with Crippen molar-refractivity contribution in [2.24, 2.45) is 5.73 Å². The molecule has 0 bridgehead atoms. The van der Waals surface area contributed by atoms with E-state index in [0.717, 1.165) is 17.7 Å². The lowest BCUT2D eigenvalue weighted by Crippen LogP contribution is -2.09. The van der Waals surface area contributed by atoms with Crippen LogP contribution in [0.2, 0.25) is 0 Å². The first-order valence-corrected chi connectivity index (χ1v) is 6.36. The molecule has 1 atom stereocenters. The second-order valence-corrected chi connectivity index (χ2v) is 4.82. The molecule has 0 aliphatic rings. The van der Waals surface area contributed by atoms with Crippen LogP contribution in [0.15, 0.2) is 48.5 Å². The number of benzene rings is 2. The average molecular weight is 293 g/mol. The molecule has 110 valence electrons. The van der Waals surface area contributed by atoms with Gasteiger partial charge in [0, 0.05) is 17.2 Å². The molecular formula is C16H14F3NO. The number of alkyl halides is 3. The van der Waals surface area contributed by atoms with E-state index in [2.05, 4.69) is 0 Å². The number of carbonyl (C=O) groups is 1. The molecule has 2 nitrogen and oxygen atoms in total. The predicted molar refractivity (Wildman–Crippen MR) is 73.9 cm³/mol. The Balaban J connectivity index is 2.39. The third-order valence-electron chi connectivity index (χ3n) is 3.13. The number of rotatable bonds is 3. The molecule has 0 saturated carbocycles. The van der Waals surface area contributed by atoms with Gasteiger partial charge in [-0.2, -0.15) is 13.2 Å². The third kappa shape index (κ3) is 3.49. The van der Waals surface area contributed by atoms with Gasteiger partial charge in [-0.25, -0.2) is 0 Å². The van der Waals surface area contributed by atoms with Gasteiger partial charge in [0.2, 0.25) is 0 Å². The summed E-state index contributed by atoms with van der Waals surface area (Å²) >= 11 is 0. The normalized spacial score (nSPS) is 13.0. The van der Waals surface area contributed by atoms with Gasteiger partial charge in [0.05, 0.1) is 5.56 Å². The number of hydrogen-bond donors (Lipinski definition) is 1. The summed E-state index contributed by atoms with van der Waals surface area (Å²) in [5.74, 6) is -0.455. The van der Waals surface area contributed by atoms with E-state index in [1.54, 1.807) is 31.2 Å². The topological polar surface area (TPSA) is 43.1 Å². The van der Waals surface area contributed by atoms with Crippen molar-refractivity contribution in [3.63, 3.8) is 0 Å². The predicted octanol–water partition coefficient (Wildman–Crippen LogP) is 3.96. The van der Waals surface area contributed by atoms with Crippen molar-refractivity contribution >= 4 is 5.78 Å². The first-order valence-electron chi connectivity index (χ1n) is 6.36. The quantitative estimate of drug-likeness (QED) is 0.871. The minimum absolute atomic E-state index is 0.00616. The highest BCUT2D eigenvalue weighted by molar-refractivity contribution is 6.09. The van der Waals surface area contributed by atoms with E-state index < -0.39 is 17.5 Å². The van der Waals surface area contributed by atoms with Crippen molar-refractivity contribution in [3.05, 3.63) is 70.8 Å². The Morgan fingerprint density at radius 2 is 1.62 bits per heavy atom. The first kappa shape index (κ1) is 15.3. The van der Waals surface area contributed by atoms with Gasteiger partial charge in [0.1, 0.15) is 0 Å². The van der Waals surface area contributed by atoms with Crippen molar-refractivity contribution < 1.29 is 18.0 Å². The van der Waals surface area contributed by atoms with Crippen LogP contribution in [0.25, 0.3) is 0 Å². The van der Waals surface area contributed by atoms with Crippen LogP contribution in [-0.2, 0) is 6.18 Å². The fourth-order valence-electron chi connectivity index (χ4n) is 1.97. The van der Waals surface area contributed by atoms with E-state index in [1.165, 1.54) is 12.1 Å². The fourth-order valence-corrected chi connectivity index (χ4v) is 1.97. The van der Waals surface area contributed by atoms with Gasteiger partial charge in [0.25, 0.3) is 0 Å². The SMILES string of the molecule is C[C@@H](N)c1cccc(C(=O)c2cccc(C(F)(F)F)c2)c1. The highest BCUT2D eigenvalue weighted by Gasteiger charge is 2.30. The summed E-state index contributed by atoms with van der Waals surface area (Å²) in [5, 5.41) is 0. The van der Waals surface area contributed by atoms with Crippen LogP contribution in [0, 0.1) is 0 Å². The summed E-state index contributed by atoms with van der Waals surface area (Å²) in [7, 11) is 0. The molecule has 0 amide bonds. The van der Waals surface area contributed by atoms with E-state index in [-0.39, 0.29) is 11.6 Å². The van der Waals surface area contributed by atoms with Gasteiger partial charge in [-0.1, -0.05) is 30.3 Å². The van der Waals surface area contributed by atoms with Crippen LogP contribution in [-0.4, -0.2) is 5.78 Å². The lowest BCUT2D eigenvalue weighted by molar-refractivity contribution is -0.137. The van der Waals surface area contributed by atoms with Crippen molar-refractivity contribution in [2.75, 3.05) is 0 Å². The molecule has 0 fully saturated rings. The summed E-state index contributed by atoms with van der Waals surface area (Å²) < 4.78 is 38.0. The number of nitrogens with two attached hydrogens (primary N) is 1. The lowest BCUT2D eigenvalue weighted by atomic mass is 9.98. The molecule has 0 aromatic heterocycles. The second-order valence-electron chi connectivity index (χ2n) is 4.82. The molecule has 0 radical (unpaired) electrons. The minimum atomic E-state index is -4.47. The molecule has 0 saturated heterocycles. The highest BCUT2D eigenvalue weighted by Crippen LogP contribution is 2.30. The minimum Gasteiger partial charge on any atom is -0.324 e. The molecule has 2 rings (SSSR count). The van der Waals surface area contributed by atoms with E-state index in [4.69, 9.17) is 5.73 Å². The van der Waals surface area contributed by atoms with Gasteiger partial charge < -0.3 is 5.73 Å². The molecule has 2 N–H and O–H groups in total. The summed E-state index contributed by atoms with van der Waals surface area (Å²) in [6.07, 6.45) is -4.47. The number of carbonyl (C=O) groups excluding carboxylic acids is 1. The largest absolute Gasteiger partial charge is 0.416 e. The first-order chi connectivity index (χ1) is 9.79. The van der Waals surface area contributed by atoms with Crippen molar-refractivity contribution in [3.8, 4) is 0 Å². The Bertz CT molecular complexity index is 663. The van der Waals surface area contributed by atoms with Gasteiger partial charge in [-0.3, -0.25) is 4.79 Å². The van der Waals surface area contributed by atoms with E-state index in [1.807, 2.05) is 0 Å². The maximum absolute atomic E-state index is 12.7. The lowest BCUT2D eigenvalue weighted by Gasteiger charge is -2.10. The van der Waals surface area contributed by atoms with E-state index in [0.29, 0.717) is 5.56 Å². The summed E-state index contributed by atoms with van der Waals surface area (Å²) in [6.45, 7) is 1.77. The maximum Gasteiger partial charge on any atom is 0.416 e. The molecule has 0 aliphatic carbocycles. The molecule has 0 aliphatic heterocycles. The molecule has 5 heteroatoms. The van der Waals surface area contributed by atoms with Gasteiger partial charge in [0.15, 0.2) is 5.78 Å². The van der Waals surface area contributed by atoms with Crippen LogP contribution in [0.5, 0.6) is 0 Å². The molecule has 0 spiro atoms. The molecule has 2 aromatic rings. The number of hydrogen-bond acceptors (Lipinski definition) is 2. The Morgan fingerprint density at radius 1 is 1.05 bits per heavy atom. The van der Waals surface area contributed by atoms with Gasteiger partial charge >= 0.3 is 6.18 Å². The number of halogens is 3. The van der Waals surface area contributed by atoms with E-state index in [9.17, 15) is 18.0 Å². The second kappa shape index (κ2) is 5.69. The maximum atomic E-state index is 12.7. The molecule has 21 heavy (non-hydrogen) atoms. The Morgan fingerprint density at radius 3 is 2.19 bits per heavy atom. The van der Waals surface area contributed by atoms with Gasteiger partial charge in [-0.05, 0) is 30.7 Å². The Hall–Kier alpha value is -2.14. The van der Waals surface area contributed by atoms with Crippen molar-refractivity contribution in [2.45, 2.75) is 19.1 Å². The number of ketones is 1. The smallest absolute Gasteiger partial charge is 0.324 e. The van der Waals surface area contributed by atoms with Crippen LogP contribution >= 0.6 is 0 Å². The summed E-state index contributed by atoms with van der Waals surface area (Å²) in [6, 6.07) is 10.8. The molecule has 2 aromatic carbocycles. The monoisotopic (exact) mass is 293 g/mol. The van der Waals surface area contributed by atoms with Gasteiger partial charge in [-0.15, -0.1) is 0 Å². The molecular weight excluding hydrogens is 279 g/mol. The van der Waals surface area contributed by atoms with Crippen LogP contribution in [0.4, 0.5) is 13.2 Å². The van der Waals surface area contributed by atoms with Crippen LogP contribution < -0.4 is 5.73 Å². The van der Waals surface area contributed by atoms with Crippen molar-refractivity contribution in [1.82, 2.24) is 0 Å². The fraction of sp³-hybridized carbons (Fsp3) is 0.188. The highest BCUT2D eigenvalue weighted by atomic mass is 19.4. The Labute approximate surface area is 120 Å². The zero-order valence-corrected chi connectivity index (χ0v) is 11.3. The molecule has 0 unspecified atom stereocenters. The Kier molecular flexibility index (Phi) is 4.14. The van der Waals surface area contributed by atoms with E-state index >= 15 is 0 Å². The summed E-state index contributed by atoms with van der Waals surface area (Å²) in [4.78, 5) is 12.3. The summed E-state index contributed by atoms with van der Waals surface area (Å²) in [5.41, 5.74) is 5.99. The molecule has 0 heterocycles.